The lowest BCUT2D eigenvalue weighted by Gasteiger charge is -2.36. The Morgan fingerprint density at radius 1 is 1.04 bits per heavy atom. The monoisotopic (exact) mass is 422 g/mol. The molecule has 0 unspecified atom stereocenters. The molecule has 0 heterocycles. The molecule has 27 heavy (non-hydrogen) atoms. The first kappa shape index (κ1) is 21.5. The molecular formula is C17H21F3O5SSi. The van der Waals surface area contributed by atoms with Crippen molar-refractivity contribution < 1.29 is 34.8 Å². The van der Waals surface area contributed by atoms with E-state index in [-0.39, 0.29) is 16.2 Å². The Bertz CT molecular complexity index is 963. The third kappa shape index (κ3) is 4.93. The minimum Gasteiger partial charge on any atom is -0.541 e. The van der Waals surface area contributed by atoms with Crippen LogP contribution >= 0.6 is 0 Å². The zero-order valence-corrected chi connectivity index (χ0v) is 17.3. The summed E-state index contributed by atoms with van der Waals surface area (Å²) in [4.78, 5) is 0. The maximum Gasteiger partial charge on any atom is 0.446 e. The molecule has 0 saturated heterocycles. The van der Waals surface area contributed by atoms with Gasteiger partial charge < -0.3 is 8.61 Å². The number of halogens is 3. The number of hydrogen-bond acceptors (Lipinski definition) is 4. The third-order valence-electron chi connectivity index (χ3n) is 4.62. The van der Waals surface area contributed by atoms with E-state index >= 15 is 0 Å². The molecule has 5 nitrogen and oxygen atoms in total. The number of rotatable bonds is 4. The van der Waals surface area contributed by atoms with Gasteiger partial charge in [-0.15, -0.1) is 0 Å². The fourth-order valence-corrected chi connectivity index (χ4v) is 3.55. The van der Waals surface area contributed by atoms with Gasteiger partial charge in [0.1, 0.15) is 5.75 Å². The van der Waals surface area contributed by atoms with Gasteiger partial charge in [-0.05, 0) is 41.7 Å². The third-order valence-corrected chi connectivity index (χ3v) is 9.34. The Morgan fingerprint density at radius 2 is 1.59 bits per heavy atom. The van der Waals surface area contributed by atoms with Gasteiger partial charge in [-0.3, -0.25) is 4.55 Å². The Balaban J connectivity index is 2.75. The second-order valence-corrected chi connectivity index (χ2v) is 13.4. The maximum atomic E-state index is 13.1. The van der Waals surface area contributed by atoms with Gasteiger partial charge >= 0.3 is 16.6 Å². The zero-order valence-electron chi connectivity index (χ0n) is 15.5. The highest BCUT2D eigenvalue weighted by Gasteiger charge is 2.40. The summed E-state index contributed by atoms with van der Waals surface area (Å²) in [6.45, 7) is 9.63. The standard InChI is InChI=1S/C17H21F3O5SSi/c1-16(2,3)27(4,5)25-14-9-7-11-6-8-12(17(18,19)20)10-13(11)15(14)24-26(21,22)23/h6-10H,1-5H3,(H,21,22,23). The first-order valence-corrected chi connectivity index (χ1v) is 12.3. The fourth-order valence-electron chi connectivity index (χ4n) is 2.15. The summed E-state index contributed by atoms with van der Waals surface area (Å²) >= 11 is 0. The van der Waals surface area contributed by atoms with Crippen LogP contribution in [0.3, 0.4) is 0 Å². The van der Waals surface area contributed by atoms with E-state index < -0.39 is 36.2 Å². The number of benzene rings is 2. The molecule has 1 N–H and O–H groups in total. The summed E-state index contributed by atoms with van der Waals surface area (Å²) < 4.78 is 81.6. The van der Waals surface area contributed by atoms with Gasteiger partial charge in [-0.25, -0.2) is 0 Å². The Morgan fingerprint density at radius 3 is 2.07 bits per heavy atom. The van der Waals surface area contributed by atoms with E-state index in [9.17, 15) is 21.6 Å². The van der Waals surface area contributed by atoms with Crippen LogP contribution in [0.4, 0.5) is 13.2 Å². The van der Waals surface area contributed by atoms with Crippen molar-refractivity contribution >= 4 is 29.5 Å². The number of fused-ring (bicyclic) bond motifs is 1. The van der Waals surface area contributed by atoms with Crippen LogP contribution in [0.5, 0.6) is 11.5 Å². The minimum atomic E-state index is -4.98. The highest BCUT2D eigenvalue weighted by molar-refractivity contribution is 7.81. The molecule has 0 radical (unpaired) electrons. The first-order valence-electron chi connectivity index (χ1n) is 8.01. The molecule has 0 bridgehead atoms. The number of alkyl halides is 3. The van der Waals surface area contributed by atoms with Crippen LogP contribution in [-0.4, -0.2) is 21.3 Å². The lowest BCUT2D eigenvalue weighted by atomic mass is 10.1. The van der Waals surface area contributed by atoms with E-state index in [1.54, 1.807) is 0 Å². The quantitative estimate of drug-likeness (QED) is 0.526. The molecule has 0 aliphatic rings. The molecule has 0 spiro atoms. The van der Waals surface area contributed by atoms with Crippen molar-refractivity contribution in [3.8, 4) is 11.5 Å². The van der Waals surface area contributed by atoms with Crippen LogP contribution in [0.1, 0.15) is 26.3 Å². The van der Waals surface area contributed by atoms with Gasteiger partial charge in [0.15, 0.2) is 5.75 Å². The van der Waals surface area contributed by atoms with Crippen molar-refractivity contribution in [3.05, 3.63) is 35.9 Å². The van der Waals surface area contributed by atoms with Crippen LogP contribution < -0.4 is 8.61 Å². The molecule has 0 saturated carbocycles. The summed E-state index contributed by atoms with van der Waals surface area (Å²) in [6.07, 6.45) is -4.63. The van der Waals surface area contributed by atoms with Gasteiger partial charge in [0.05, 0.1) is 5.56 Å². The van der Waals surface area contributed by atoms with E-state index in [1.807, 2.05) is 33.9 Å². The molecule has 0 atom stereocenters. The smallest absolute Gasteiger partial charge is 0.446 e. The lowest BCUT2D eigenvalue weighted by Crippen LogP contribution is -2.44. The van der Waals surface area contributed by atoms with Crippen molar-refractivity contribution in [1.82, 2.24) is 0 Å². The molecular weight excluding hydrogens is 401 g/mol. The van der Waals surface area contributed by atoms with Crippen LogP contribution in [-0.2, 0) is 16.6 Å². The van der Waals surface area contributed by atoms with Gasteiger partial charge in [-0.1, -0.05) is 32.9 Å². The Kier molecular flexibility index (Phi) is 5.32. The second-order valence-electron chi connectivity index (χ2n) is 7.70. The maximum absolute atomic E-state index is 13.1. The van der Waals surface area contributed by atoms with Crippen LogP contribution in [0.15, 0.2) is 30.3 Å². The molecule has 0 aliphatic carbocycles. The number of hydrogen-bond donors (Lipinski definition) is 1. The topological polar surface area (TPSA) is 72.8 Å². The normalized spacial score (nSPS) is 13.7. The van der Waals surface area contributed by atoms with Gasteiger partial charge in [0, 0.05) is 5.39 Å². The molecule has 0 fully saturated rings. The van der Waals surface area contributed by atoms with E-state index in [0.29, 0.717) is 5.39 Å². The van der Waals surface area contributed by atoms with Crippen molar-refractivity contribution in [2.24, 2.45) is 0 Å². The second kappa shape index (κ2) is 6.68. The highest BCUT2D eigenvalue weighted by Crippen LogP contribution is 2.44. The van der Waals surface area contributed by atoms with Crippen molar-refractivity contribution in [2.45, 2.75) is 45.1 Å². The molecule has 150 valence electrons. The molecule has 0 aromatic heterocycles. The summed E-state index contributed by atoms with van der Waals surface area (Å²) in [7, 11) is -7.45. The molecule has 0 amide bonds. The predicted octanol–water partition coefficient (Wildman–Crippen LogP) is 5.42. The van der Waals surface area contributed by atoms with E-state index in [2.05, 4.69) is 4.18 Å². The van der Waals surface area contributed by atoms with E-state index in [4.69, 9.17) is 8.98 Å². The van der Waals surface area contributed by atoms with E-state index in [0.717, 1.165) is 12.1 Å². The summed E-state index contributed by atoms with van der Waals surface area (Å²) in [5, 5.41) is -0.0756. The van der Waals surface area contributed by atoms with Crippen LogP contribution in [0, 0.1) is 0 Å². The zero-order chi connectivity index (χ0) is 20.8. The SMILES string of the molecule is CC(C)(C)[Si](C)(C)Oc1ccc2ccc(C(F)(F)F)cc2c1OS(=O)(=O)O. The van der Waals surface area contributed by atoms with Crippen molar-refractivity contribution in [2.75, 3.05) is 0 Å². The van der Waals surface area contributed by atoms with E-state index in [1.165, 1.54) is 18.2 Å². The predicted molar refractivity (Wildman–Crippen MR) is 99.0 cm³/mol. The Hall–Kier alpha value is -1.78. The molecule has 2 aromatic rings. The van der Waals surface area contributed by atoms with Crippen molar-refractivity contribution in [3.63, 3.8) is 0 Å². The molecule has 0 aliphatic heterocycles. The largest absolute Gasteiger partial charge is 0.541 e. The molecule has 2 rings (SSSR count). The average Bonchev–Trinajstić information content (AvgIpc) is 2.45. The Labute approximate surface area is 157 Å². The molecule has 2 aromatic carbocycles. The lowest BCUT2D eigenvalue weighted by molar-refractivity contribution is -0.137. The summed E-state index contributed by atoms with van der Waals surface area (Å²) in [6, 6.07) is 5.79. The van der Waals surface area contributed by atoms with Crippen LogP contribution in [0.2, 0.25) is 18.1 Å². The van der Waals surface area contributed by atoms with Gasteiger partial charge in [-0.2, -0.15) is 21.6 Å². The average molecular weight is 422 g/mol. The minimum absolute atomic E-state index is 0.0361. The van der Waals surface area contributed by atoms with Gasteiger partial charge in [0.2, 0.25) is 0 Å². The molecule has 10 heteroatoms. The summed E-state index contributed by atoms with van der Waals surface area (Å²) in [5.41, 5.74) is -0.973. The summed E-state index contributed by atoms with van der Waals surface area (Å²) in [5.74, 6) is -0.503. The van der Waals surface area contributed by atoms with Crippen LogP contribution in [0.25, 0.3) is 10.8 Å². The fraction of sp³-hybridized carbons (Fsp3) is 0.412. The van der Waals surface area contributed by atoms with Gasteiger partial charge in [0.25, 0.3) is 8.32 Å². The first-order chi connectivity index (χ1) is 12.0. The van der Waals surface area contributed by atoms with Crippen molar-refractivity contribution in [1.29, 1.82) is 0 Å². The highest BCUT2D eigenvalue weighted by atomic mass is 32.3.